The molecule has 0 fully saturated rings. The molecule has 0 saturated carbocycles. The molecule has 2 heterocycles. The number of phenolic OH excluding ortho intramolecular Hbond substituents is 1. The molecule has 30 heavy (non-hydrogen) atoms. The molecule has 7 heteroatoms. The Morgan fingerprint density at radius 2 is 1.67 bits per heavy atom. The van der Waals surface area contributed by atoms with Crippen molar-refractivity contribution in [2.45, 2.75) is 58.9 Å². The molecular weight excluding hydrogens is 444 g/mol. The summed E-state index contributed by atoms with van der Waals surface area (Å²) in [6, 6.07) is 7.14. The van der Waals surface area contributed by atoms with E-state index in [-0.39, 0.29) is 51.7 Å². The van der Waals surface area contributed by atoms with Crippen molar-refractivity contribution in [3.05, 3.63) is 52.2 Å². The zero-order valence-electron chi connectivity index (χ0n) is 18.5. The predicted molar refractivity (Wildman–Crippen MR) is 126 cm³/mol. The SMILES string of the molecule is Br.CC(C)(C)c1cc(C(=O)CN2Cc3ccc(N)nc3C2=N)cc(C(C)(C)C)c1O. The lowest BCUT2D eigenvalue weighted by Gasteiger charge is -2.28. The van der Waals surface area contributed by atoms with Gasteiger partial charge in [0.1, 0.15) is 23.1 Å². The predicted octanol–water partition coefficient (Wildman–Crippen LogP) is 4.57. The van der Waals surface area contributed by atoms with Gasteiger partial charge in [-0.15, -0.1) is 17.0 Å². The van der Waals surface area contributed by atoms with E-state index in [1.165, 1.54) is 0 Å². The van der Waals surface area contributed by atoms with Gasteiger partial charge in [0.15, 0.2) is 5.78 Å². The summed E-state index contributed by atoms with van der Waals surface area (Å²) < 4.78 is 0. The van der Waals surface area contributed by atoms with Crippen molar-refractivity contribution < 1.29 is 9.90 Å². The lowest BCUT2D eigenvalue weighted by atomic mass is 9.78. The van der Waals surface area contributed by atoms with Crippen LogP contribution >= 0.6 is 17.0 Å². The number of amidine groups is 1. The molecule has 0 radical (unpaired) electrons. The largest absolute Gasteiger partial charge is 0.507 e. The van der Waals surface area contributed by atoms with Crippen molar-refractivity contribution in [2.24, 2.45) is 0 Å². The van der Waals surface area contributed by atoms with E-state index in [4.69, 9.17) is 11.1 Å². The number of nitrogen functional groups attached to an aromatic ring is 1. The summed E-state index contributed by atoms with van der Waals surface area (Å²) in [4.78, 5) is 19.1. The van der Waals surface area contributed by atoms with Crippen LogP contribution < -0.4 is 5.73 Å². The summed E-state index contributed by atoms with van der Waals surface area (Å²) >= 11 is 0. The molecule has 1 aromatic carbocycles. The monoisotopic (exact) mass is 474 g/mol. The normalized spacial score (nSPS) is 13.8. The fourth-order valence-corrected chi connectivity index (χ4v) is 3.61. The third-order valence-electron chi connectivity index (χ3n) is 5.28. The van der Waals surface area contributed by atoms with Gasteiger partial charge in [0.25, 0.3) is 0 Å². The molecule has 1 aliphatic heterocycles. The summed E-state index contributed by atoms with van der Waals surface area (Å²) in [7, 11) is 0. The molecule has 162 valence electrons. The summed E-state index contributed by atoms with van der Waals surface area (Å²) in [5, 5.41) is 19.2. The van der Waals surface area contributed by atoms with Gasteiger partial charge in [-0.2, -0.15) is 0 Å². The topological polar surface area (TPSA) is 103 Å². The van der Waals surface area contributed by atoms with Crippen molar-refractivity contribution in [1.82, 2.24) is 9.88 Å². The highest BCUT2D eigenvalue weighted by Gasteiger charge is 2.30. The van der Waals surface area contributed by atoms with Crippen LogP contribution in [0.25, 0.3) is 0 Å². The lowest BCUT2D eigenvalue weighted by molar-refractivity contribution is 0.0962. The third kappa shape index (κ3) is 4.51. The zero-order chi connectivity index (χ0) is 21.7. The number of nitrogens with zero attached hydrogens (tertiary/aromatic N) is 2. The van der Waals surface area contributed by atoms with Gasteiger partial charge < -0.3 is 15.7 Å². The second-order valence-electron chi connectivity index (χ2n) is 9.79. The maximum absolute atomic E-state index is 13.2. The fourth-order valence-electron chi connectivity index (χ4n) is 3.61. The summed E-state index contributed by atoms with van der Waals surface area (Å²) in [5.74, 6) is 0.741. The van der Waals surface area contributed by atoms with E-state index in [0.717, 1.165) is 16.7 Å². The molecule has 0 saturated heterocycles. The standard InChI is InChI=1S/C23H30N4O2.BrH/c1-22(2,3)15-9-14(10-16(20(15)29)23(4,5)6)17(28)12-27-11-13-7-8-18(24)26-19(13)21(27)25;/h7-10,25,29H,11-12H2,1-6H3,(H2,24,26);1H. The molecule has 2 aromatic rings. The molecule has 3 rings (SSSR count). The second-order valence-corrected chi connectivity index (χ2v) is 9.79. The number of rotatable bonds is 3. The van der Waals surface area contributed by atoms with Gasteiger partial charge >= 0.3 is 0 Å². The number of pyridine rings is 1. The average Bonchev–Trinajstić information content (AvgIpc) is 2.88. The van der Waals surface area contributed by atoms with Crippen molar-refractivity contribution >= 4 is 34.4 Å². The first-order valence-corrected chi connectivity index (χ1v) is 9.79. The van der Waals surface area contributed by atoms with Gasteiger partial charge in [-0.3, -0.25) is 10.2 Å². The Kier molecular flexibility index (Phi) is 6.38. The molecule has 1 aliphatic rings. The fraction of sp³-hybridized carbons (Fsp3) is 0.435. The first kappa shape index (κ1) is 23.9. The van der Waals surface area contributed by atoms with Crippen LogP contribution in [0.5, 0.6) is 5.75 Å². The number of ketones is 1. The average molecular weight is 475 g/mol. The minimum Gasteiger partial charge on any atom is -0.507 e. The highest BCUT2D eigenvalue weighted by molar-refractivity contribution is 8.93. The van der Waals surface area contributed by atoms with Gasteiger partial charge in [0.2, 0.25) is 0 Å². The van der Waals surface area contributed by atoms with Crippen LogP contribution in [0.2, 0.25) is 0 Å². The molecule has 6 nitrogen and oxygen atoms in total. The number of hydrogen-bond acceptors (Lipinski definition) is 5. The molecular formula is C23H31BrN4O2. The first-order chi connectivity index (χ1) is 13.3. The molecule has 1 aromatic heterocycles. The van der Waals surface area contributed by atoms with E-state index >= 15 is 0 Å². The molecule has 0 bridgehead atoms. The summed E-state index contributed by atoms with van der Waals surface area (Å²) in [6.07, 6.45) is 0. The van der Waals surface area contributed by atoms with Gasteiger partial charge in [-0.25, -0.2) is 4.98 Å². The number of phenols is 1. The number of anilines is 1. The molecule has 0 spiro atoms. The first-order valence-electron chi connectivity index (χ1n) is 9.79. The van der Waals surface area contributed by atoms with Crippen LogP contribution in [0, 0.1) is 5.41 Å². The number of benzene rings is 1. The van der Waals surface area contributed by atoms with Crippen LogP contribution in [0.3, 0.4) is 0 Å². The highest BCUT2D eigenvalue weighted by atomic mass is 79.9. The molecule has 4 N–H and O–H groups in total. The van der Waals surface area contributed by atoms with Gasteiger partial charge in [-0.05, 0) is 29.0 Å². The number of aromatic nitrogens is 1. The van der Waals surface area contributed by atoms with Crippen LogP contribution in [-0.2, 0) is 17.4 Å². The Balaban J connectivity index is 0.00000320. The van der Waals surface area contributed by atoms with E-state index in [0.29, 0.717) is 23.6 Å². The Morgan fingerprint density at radius 3 is 2.17 bits per heavy atom. The van der Waals surface area contributed by atoms with Crippen molar-refractivity contribution in [1.29, 1.82) is 5.41 Å². The van der Waals surface area contributed by atoms with Crippen LogP contribution in [0.15, 0.2) is 24.3 Å². The summed E-state index contributed by atoms with van der Waals surface area (Å²) in [5.41, 5.74) is 8.62. The van der Waals surface area contributed by atoms with Crippen LogP contribution in [0.4, 0.5) is 5.82 Å². The molecule has 0 unspecified atom stereocenters. The van der Waals surface area contributed by atoms with Gasteiger partial charge in [-0.1, -0.05) is 47.6 Å². The van der Waals surface area contributed by atoms with Crippen LogP contribution in [-0.4, -0.2) is 33.2 Å². The minimum absolute atomic E-state index is 0. The Labute approximate surface area is 188 Å². The van der Waals surface area contributed by atoms with Gasteiger partial charge in [0, 0.05) is 28.8 Å². The third-order valence-corrected chi connectivity index (χ3v) is 5.28. The minimum atomic E-state index is -0.307. The number of fused-ring (bicyclic) bond motifs is 1. The van der Waals surface area contributed by atoms with E-state index in [9.17, 15) is 9.90 Å². The number of halogens is 1. The molecule has 0 amide bonds. The Hall–Kier alpha value is -2.41. The summed E-state index contributed by atoms with van der Waals surface area (Å²) in [6.45, 7) is 12.7. The maximum Gasteiger partial charge on any atom is 0.182 e. The van der Waals surface area contributed by atoms with E-state index in [1.807, 2.05) is 47.6 Å². The number of hydrogen-bond donors (Lipinski definition) is 3. The maximum atomic E-state index is 13.2. The van der Waals surface area contributed by atoms with Crippen molar-refractivity contribution in [2.75, 3.05) is 12.3 Å². The second kappa shape index (κ2) is 8.02. The van der Waals surface area contributed by atoms with E-state index in [1.54, 1.807) is 23.1 Å². The smallest absolute Gasteiger partial charge is 0.182 e. The molecule has 0 atom stereocenters. The Morgan fingerprint density at radius 1 is 1.13 bits per heavy atom. The van der Waals surface area contributed by atoms with E-state index in [2.05, 4.69) is 4.98 Å². The number of nitrogens with two attached hydrogens (primary N) is 1. The van der Waals surface area contributed by atoms with Crippen molar-refractivity contribution in [3.8, 4) is 5.75 Å². The highest BCUT2D eigenvalue weighted by Crippen LogP contribution is 2.40. The van der Waals surface area contributed by atoms with Gasteiger partial charge in [0.05, 0.1) is 6.54 Å². The van der Waals surface area contributed by atoms with Crippen molar-refractivity contribution in [3.63, 3.8) is 0 Å². The number of carbonyl (C=O) groups excluding carboxylic acids is 1. The van der Waals surface area contributed by atoms with Crippen LogP contribution in [0.1, 0.15) is 74.3 Å². The number of Topliss-reactive ketones (excluding diaryl/α,β-unsaturated/α-hetero) is 1. The number of carbonyl (C=O) groups is 1. The molecule has 0 aliphatic carbocycles. The quantitative estimate of drug-likeness (QED) is 0.565. The zero-order valence-corrected chi connectivity index (χ0v) is 20.2. The number of aromatic hydroxyl groups is 1. The lowest BCUT2D eigenvalue weighted by Crippen LogP contribution is -2.31. The Bertz CT molecular complexity index is 968. The van der Waals surface area contributed by atoms with E-state index < -0.39 is 0 Å². The number of nitrogens with one attached hydrogen (secondary N) is 1.